The second kappa shape index (κ2) is 9.23. The summed E-state index contributed by atoms with van der Waals surface area (Å²) >= 11 is 0. The zero-order valence-electron chi connectivity index (χ0n) is 13.3. The number of esters is 2. The SMILES string of the molecule is CCOC(=O)C[C@H](NC(=O)c1ccc([N+](=O)[O-])cc1)C(=O)OCC. The van der Waals surface area contributed by atoms with Crippen LogP contribution in [0.15, 0.2) is 24.3 Å². The summed E-state index contributed by atoms with van der Waals surface area (Å²) in [5.41, 5.74) is -0.0567. The second-order valence-corrected chi connectivity index (χ2v) is 4.59. The van der Waals surface area contributed by atoms with Crippen LogP contribution in [-0.4, -0.2) is 42.0 Å². The lowest BCUT2D eigenvalue weighted by Crippen LogP contribution is -2.43. The molecule has 1 N–H and O–H groups in total. The first kappa shape index (κ1) is 19.1. The van der Waals surface area contributed by atoms with Crippen LogP contribution in [0.4, 0.5) is 5.69 Å². The lowest BCUT2D eigenvalue weighted by atomic mass is 10.1. The number of carbonyl (C=O) groups is 3. The van der Waals surface area contributed by atoms with Crippen LogP contribution >= 0.6 is 0 Å². The van der Waals surface area contributed by atoms with Crippen LogP contribution in [0.5, 0.6) is 0 Å². The van der Waals surface area contributed by atoms with Gasteiger partial charge in [0.25, 0.3) is 11.6 Å². The van der Waals surface area contributed by atoms with Crippen molar-refractivity contribution in [1.29, 1.82) is 0 Å². The Kier molecular flexibility index (Phi) is 7.34. The Labute approximate surface area is 138 Å². The predicted octanol–water partition coefficient (Wildman–Crippen LogP) is 1.21. The maximum absolute atomic E-state index is 12.1. The van der Waals surface area contributed by atoms with E-state index in [2.05, 4.69) is 5.32 Å². The molecule has 0 aliphatic carbocycles. The Balaban J connectivity index is 2.83. The van der Waals surface area contributed by atoms with E-state index >= 15 is 0 Å². The topological polar surface area (TPSA) is 125 Å². The lowest BCUT2D eigenvalue weighted by Gasteiger charge is -2.16. The summed E-state index contributed by atoms with van der Waals surface area (Å²) in [5.74, 6) is -2.08. The molecule has 1 atom stereocenters. The monoisotopic (exact) mass is 338 g/mol. The van der Waals surface area contributed by atoms with Crippen molar-refractivity contribution in [3.63, 3.8) is 0 Å². The summed E-state index contributed by atoms with van der Waals surface area (Å²) in [6.07, 6.45) is -0.370. The average molecular weight is 338 g/mol. The Morgan fingerprint density at radius 2 is 1.71 bits per heavy atom. The van der Waals surface area contributed by atoms with Crippen molar-refractivity contribution in [3.8, 4) is 0 Å². The van der Waals surface area contributed by atoms with Crippen LogP contribution in [0.25, 0.3) is 0 Å². The van der Waals surface area contributed by atoms with Gasteiger partial charge in [0.2, 0.25) is 0 Å². The van der Waals surface area contributed by atoms with E-state index in [-0.39, 0.29) is 30.9 Å². The smallest absolute Gasteiger partial charge is 0.329 e. The molecule has 0 saturated heterocycles. The molecule has 24 heavy (non-hydrogen) atoms. The molecule has 0 aliphatic heterocycles. The van der Waals surface area contributed by atoms with Gasteiger partial charge in [-0.05, 0) is 26.0 Å². The van der Waals surface area contributed by atoms with Gasteiger partial charge in [0.05, 0.1) is 24.6 Å². The normalized spacial score (nSPS) is 11.2. The average Bonchev–Trinajstić information content (AvgIpc) is 2.54. The summed E-state index contributed by atoms with van der Waals surface area (Å²) in [6.45, 7) is 3.44. The molecule has 0 bridgehead atoms. The molecular weight excluding hydrogens is 320 g/mol. The van der Waals surface area contributed by atoms with Gasteiger partial charge in [0.1, 0.15) is 6.04 Å². The Morgan fingerprint density at radius 3 is 2.21 bits per heavy atom. The number of carbonyl (C=O) groups excluding carboxylic acids is 3. The molecule has 0 aliphatic rings. The molecule has 1 aromatic carbocycles. The number of nitro benzene ring substituents is 1. The van der Waals surface area contributed by atoms with Crippen molar-refractivity contribution in [1.82, 2.24) is 5.32 Å². The molecule has 130 valence electrons. The third kappa shape index (κ3) is 5.67. The van der Waals surface area contributed by atoms with E-state index in [0.29, 0.717) is 0 Å². The van der Waals surface area contributed by atoms with Gasteiger partial charge in [-0.3, -0.25) is 19.7 Å². The first-order chi connectivity index (χ1) is 11.4. The minimum atomic E-state index is -1.20. The summed E-state index contributed by atoms with van der Waals surface area (Å²) in [6, 6.07) is 3.63. The number of hydrogen-bond acceptors (Lipinski definition) is 7. The molecule has 9 nitrogen and oxygen atoms in total. The fourth-order valence-corrected chi connectivity index (χ4v) is 1.80. The van der Waals surface area contributed by atoms with Crippen molar-refractivity contribution in [2.75, 3.05) is 13.2 Å². The molecule has 0 saturated carbocycles. The molecule has 1 rings (SSSR count). The van der Waals surface area contributed by atoms with Crippen LogP contribution in [0.2, 0.25) is 0 Å². The van der Waals surface area contributed by atoms with Gasteiger partial charge < -0.3 is 14.8 Å². The van der Waals surface area contributed by atoms with Crippen LogP contribution in [0.3, 0.4) is 0 Å². The van der Waals surface area contributed by atoms with Crippen molar-refractivity contribution >= 4 is 23.5 Å². The van der Waals surface area contributed by atoms with Gasteiger partial charge >= 0.3 is 11.9 Å². The third-order valence-corrected chi connectivity index (χ3v) is 2.89. The predicted molar refractivity (Wildman–Crippen MR) is 82.2 cm³/mol. The van der Waals surface area contributed by atoms with Gasteiger partial charge in [0.15, 0.2) is 0 Å². The minimum Gasteiger partial charge on any atom is -0.466 e. The van der Waals surface area contributed by atoms with Gasteiger partial charge in [-0.2, -0.15) is 0 Å². The molecule has 0 unspecified atom stereocenters. The fourth-order valence-electron chi connectivity index (χ4n) is 1.80. The van der Waals surface area contributed by atoms with Crippen LogP contribution in [0.1, 0.15) is 30.6 Å². The van der Waals surface area contributed by atoms with Crippen molar-refractivity contribution < 1.29 is 28.8 Å². The first-order valence-corrected chi connectivity index (χ1v) is 7.26. The lowest BCUT2D eigenvalue weighted by molar-refractivity contribution is -0.384. The quantitative estimate of drug-likeness (QED) is 0.429. The number of nitro groups is 1. The number of amides is 1. The molecule has 0 fully saturated rings. The maximum Gasteiger partial charge on any atom is 0.329 e. The molecule has 0 spiro atoms. The van der Waals surface area contributed by atoms with Crippen LogP contribution in [-0.2, 0) is 19.1 Å². The van der Waals surface area contributed by atoms with Crippen molar-refractivity contribution in [2.24, 2.45) is 0 Å². The molecule has 1 aromatic rings. The Bertz CT molecular complexity index is 613. The van der Waals surface area contributed by atoms with Gasteiger partial charge in [-0.15, -0.1) is 0 Å². The summed E-state index contributed by atoms with van der Waals surface area (Å²) in [4.78, 5) is 45.5. The third-order valence-electron chi connectivity index (χ3n) is 2.89. The highest BCUT2D eigenvalue weighted by molar-refractivity contribution is 5.97. The van der Waals surface area contributed by atoms with Crippen molar-refractivity contribution in [2.45, 2.75) is 26.3 Å². The molecule has 0 aromatic heterocycles. The first-order valence-electron chi connectivity index (χ1n) is 7.26. The summed E-state index contributed by atoms with van der Waals surface area (Å²) in [7, 11) is 0. The molecule has 9 heteroatoms. The summed E-state index contributed by atoms with van der Waals surface area (Å²) in [5, 5.41) is 13.0. The maximum atomic E-state index is 12.1. The minimum absolute atomic E-state index is 0.0889. The van der Waals surface area contributed by atoms with Crippen molar-refractivity contribution in [3.05, 3.63) is 39.9 Å². The van der Waals surface area contributed by atoms with Gasteiger partial charge in [-0.1, -0.05) is 0 Å². The second-order valence-electron chi connectivity index (χ2n) is 4.59. The summed E-state index contributed by atoms with van der Waals surface area (Å²) < 4.78 is 9.58. The number of rotatable bonds is 8. The van der Waals surface area contributed by atoms with E-state index in [4.69, 9.17) is 9.47 Å². The number of nitrogens with zero attached hydrogens (tertiary/aromatic N) is 1. The van der Waals surface area contributed by atoms with E-state index in [0.717, 1.165) is 0 Å². The Morgan fingerprint density at radius 1 is 1.12 bits per heavy atom. The number of nitrogens with one attached hydrogen (secondary N) is 1. The van der Waals surface area contributed by atoms with Gasteiger partial charge in [-0.25, -0.2) is 4.79 Å². The van der Waals surface area contributed by atoms with E-state index in [1.54, 1.807) is 13.8 Å². The van der Waals surface area contributed by atoms with E-state index in [1.807, 2.05) is 0 Å². The Hall–Kier alpha value is -2.97. The number of ether oxygens (including phenoxy) is 2. The number of hydrogen-bond donors (Lipinski definition) is 1. The number of benzene rings is 1. The molecule has 1 amide bonds. The molecule has 0 heterocycles. The highest BCUT2D eigenvalue weighted by Crippen LogP contribution is 2.12. The highest BCUT2D eigenvalue weighted by Gasteiger charge is 2.26. The van der Waals surface area contributed by atoms with Gasteiger partial charge in [0, 0.05) is 17.7 Å². The standard InChI is InChI=1S/C15H18N2O7/c1-3-23-13(18)9-12(15(20)24-4-2)16-14(19)10-5-7-11(8-6-10)17(21)22/h5-8,12H,3-4,9H2,1-2H3,(H,16,19)/t12-/m0/s1. The highest BCUT2D eigenvalue weighted by atomic mass is 16.6. The molecule has 0 radical (unpaired) electrons. The van der Waals surface area contributed by atoms with E-state index in [1.165, 1.54) is 24.3 Å². The van der Waals surface area contributed by atoms with Crippen LogP contribution < -0.4 is 5.32 Å². The molecular formula is C15H18N2O7. The van der Waals surface area contributed by atoms with Crippen LogP contribution in [0, 0.1) is 10.1 Å². The zero-order valence-corrected chi connectivity index (χ0v) is 13.3. The van der Waals surface area contributed by atoms with E-state index in [9.17, 15) is 24.5 Å². The van der Waals surface area contributed by atoms with E-state index < -0.39 is 28.8 Å². The zero-order chi connectivity index (χ0) is 18.1. The fraction of sp³-hybridized carbons (Fsp3) is 0.400. The largest absolute Gasteiger partial charge is 0.466 e. The number of non-ortho nitro benzene ring substituents is 1.